The molecular weight excluding hydrogens is 392 g/mol. The maximum absolute atomic E-state index is 12.2. The number of hydrogen-bond acceptors (Lipinski definition) is 5. The molecule has 0 heterocycles. The van der Waals surface area contributed by atoms with Crippen molar-refractivity contribution in [2.75, 3.05) is 18.6 Å². The summed E-state index contributed by atoms with van der Waals surface area (Å²) >= 11 is 0. The number of carbonyl (C=O) groups excluding carboxylic acids is 2. The van der Waals surface area contributed by atoms with Crippen LogP contribution in [0.5, 0.6) is 0 Å². The molecule has 2 aromatic rings. The zero-order chi connectivity index (χ0) is 21.1. The van der Waals surface area contributed by atoms with Crippen LogP contribution in [0.2, 0.25) is 0 Å². The maximum atomic E-state index is 12.2. The Bertz CT molecular complexity index is 928. The molecule has 2 aromatic carbocycles. The molecule has 154 valence electrons. The number of amides is 2. The van der Waals surface area contributed by atoms with E-state index in [0.29, 0.717) is 5.56 Å². The van der Waals surface area contributed by atoms with Gasteiger partial charge in [-0.3, -0.25) is 14.4 Å². The van der Waals surface area contributed by atoms with Gasteiger partial charge in [0.2, 0.25) is 5.91 Å². The van der Waals surface area contributed by atoms with Crippen LogP contribution in [0.4, 0.5) is 0 Å². The number of sulfone groups is 1. The lowest BCUT2D eigenvalue weighted by atomic mass is 10.2. The molecule has 0 unspecified atom stereocenters. The molecule has 1 atom stereocenters. The van der Waals surface area contributed by atoms with Gasteiger partial charge < -0.3 is 5.32 Å². The smallest absolute Gasteiger partial charge is 0.274 e. The zero-order valence-corrected chi connectivity index (χ0v) is 16.9. The van der Waals surface area contributed by atoms with Gasteiger partial charge in [0.05, 0.1) is 18.4 Å². The van der Waals surface area contributed by atoms with Crippen molar-refractivity contribution in [1.82, 2.24) is 10.8 Å². The Balaban J connectivity index is 1.90. The molecule has 0 spiro atoms. The molecule has 7 nitrogen and oxygen atoms in total. The van der Waals surface area contributed by atoms with Crippen molar-refractivity contribution < 1.29 is 22.8 Å². The lowest BCUT2D eigenvalue weighted by Gasteiger charge is -2.17. The van der Waals surface area contributed by atoms with E-state index in [1.807, 2.05) is 30.3 Å². The van der Waals surface area contributed by atoms with Crippen LogP contribution in [0.15, 0.2) is 66.7 Å². The summed E-state index contributed by atoms with van der Waals surface area (Å²) in [5.74, 6) is -0.927. The lowest BCUT2D eigenvalue weighted by Crippen LogP contribution is -2.40. The highest BCUT2D eigenvalue weighted by Gasteiger charge is 2.15. The second-order valence-corrected chi connectivity index (χ2v) is 8.74. The molecule has 0 saturated heterocycles. The lowest BCUT2D eigenvalue weighted by molar-refractivity contribution is -0.117. The number of nitrogens with one attached hydrogen (secondary N) is 2. The molecule has 0 aromatic heterocycles. The number of carbonyl (C=O) groups is 2. The van der Waals surface area contributed by atoms with E-state index in [-0.39, 0.29) is 24.7 Å². The van der Waals surface area contributed by atoms with E-state index in [2.05, 4.69) is 10.8 Å². The normalized spacial score (nSPS) is 12.4. The Hall–Kier alpha value is -2.97. The molecular formula is C21H24N2O5S. The molecule has 2 amide bonds. The summed E-state index contributed by atoms with van der Waals surface area (Å²) in [6, 6.07) is 17.2. The zero-order valence-electron chi connectivity index (χ0n) is 16.1. The fraction of sp³-hybridized carbons (Fsp3) is 0.238. The Morgan fingerprint density at radius 2 is 1.66 bits per heavy atom. The van der Waals surface area contributed by atoms with Gasteiger partial charge in [-0.15, -0.1) is 0 Å². The molecule has 2 rings (SSSR count). The Labute approximate surface area is 170 Å². The van der Waals surface area contributed by atoms with Crippen LogP contribution in [-0.4, -0.2) is 44.9 Å². The summed E-state index contributed by atoms with van der Waals surface area (Å²) in [4.78, 5) is 29.4. The molecule has 0 aliphatic rings. The highest BCUT2D eigenvalue weighted by molar-refractivity contribution is 7.90. The predicted octanol–water partition coefficient (Wildman–Crippen LogP) is 1.98. The molecule has 29 heavy (non-hydrogen) atoms. The Kier molecular flexibility index (Phi) is 8.57. The maximum Gasteiger partial charge on any atom is 0.274 e. The number of benzene rings is 2. The van der Waals surface area contributed by atoms with Gasteiger partial charge in [-0.25, -0.2) is 13.9 Å². The van der Waals surface area contributed by atoms with E-state index in [1.165, 1.54) is 6.08 Å². The average Bonchev–Trinajstić information content (AvgIpc) is 2.71. The minimum atomic E-state index is -3.21. The first-order valence-corrected chi connectivity index (χ1v) is 11.1. The van der Waals surface area contributed by atoms with Crippen LogP contribution in [0, 0.1) is 0 Å². The summed E-state index contributed by atoms with van der Waals surface area (Å²) < 4.78 is 22.9. The predicted molar refractivity (Wildman–Crippen MR) is 112 cm³/mol. The van der Waals surface area contributed by atoms with Crippen molar-refractivity contribution in [2.24, 2.45) is 0 Å². The van der Waals surface area contributed by atoms with Gasteiger partial charge in [0, 0.05) is 17.9 Å². The van der Waals surface area contributed by atoms with Crippen LogP contribution in [0.1, 0.15) is 22.3 Å². The quantitative estimate of drug-likeness (QED) is 0.456. The first-order chi connectivity index (χ1) is 13.8. The molecule has 2 N–H and O–H groups in total. The van der Waals surface area contributed by atoms with Gasteiger partial charge in [0.15, 0.2) is 0 Å². The molecule has 0 bridgehead atoms. The Morgan fingerprint density at radius 3 is 2.28 bits per heavy atom. The van der Waals surface area contributed by atoms with Gasteiger partial charge in [0.25, 0.3) is 5.91 Å². The van der Waals surface area contributed by atoms with Crippen LogP contribution in [0.25, 0.3) is 6.08 Å². The van der Waals surface area contributed by atoms with E-state index in [4.69, 9.17) is 4.84 Å². The van der Waals surface area contributed by atoms with Crippen LogP contribution < -0.4 is 10.8 Å². The van der Waals surface area contributed by atoms with Crippen molar-refractivity contribution in [1.29, 1.82) is 0 Å². The summed E-state index contributed by atoms with van der Waals surface area (Å²) in [5, 5.41) is 2.71. The third kappa shape index (κ3) is 9.18. The van der Waals surface area contributed by atoms with E-state index in [9.17, 15) is 18.0 Å². The molecule has 0 saturated carbocycles. The fourth-order valence-corrected chi connectivity index (χ4v) is 3.11. The van der Waals surface area contributed by atoms with Crippen molar-refractivity contribution >= 4 is 27.7 Å². The number of hydrogen-bond donors (Lipinski definition) is 2. The summed E-state index contributed by atoms with van der Waals surface area (Å²) in [6.45, 7) is -0.0704. The standard InChI is InChI=1S/C21H24N2O5S/c1-29(26,27)15-14-19(16-28-23-21(25)18-10-6-3-7-11-18)22-20(24)13-12-17-8-4-2-5-9-17/h2-13,19H,14-16H2,1H3,(H,22,24)(H,23,25)/b13-12+/t19-/m1/s1. The van der Waals surface area contributed by atoms with Gasteiger partial charge in [-0.2, -0.15) is 0 Å². The SMILES string of the molecule is CS(=O)(=O)CC[C@H](CONC(=O)c1ccccc1)NC(=O)/C=C/c1ccccc1. The first kappa shape index (κ1) is 22.3. The highest BCUT2D eigenvalue weighted by atomic mass is 32.2. The molecule has 0 radical (unpaired) electrons. The average molecular weight is 416 g/mol. The Morgan fingerprint density at radius 1 is 1.03 bits per heavy atom. The van der Waals surface area contributed by atoms with E-state index in [0.717, 1.165) is 11.8 Å². The second kappa shape index (κ2) is 11.1. The van der Waals surface area contributed by atoms with E-state index >= 15 is 0 Å². The van der Waals surface area contributed by atoms with Crippen molar-refractivity contribution in [2.45, 2.75) is 12.5 Å². The molecule has 0 aliphatic carbocycles. The molecule has 8 heteroatoms. The first-order valence-electron chi connectivity index (χ1n) is 9.02. The van der Waals surface area contributed by atoms with Crippen LogP contribution in [-0.2, 0) is 19.5 Å². The van der Waals surface area contributed by atoms with Crippen molar-refractivity contribution in [3.05, 3.63) is 77.9 Å². The summed E-state index contributed by atoms with van der Waals surface area (Å²) in [6.07, 6.45) is 4.30. The molecule has 0 fully saturated rings. The van der Waals surface area contributed by atoms with Crippen LogP contribution >= 0.6 is 0 Å². The number of rotatable bonds is 10. The topological polar surface area (TPSA) is 102 Å². The summed E-state index contributed by atoms with van der Waals surface area (Å²) in [5.41, 5.74) is 3.59. The van der Waals surface area contributed by atoms with E-state index < -0.39 is 21.8 Å². The minimum absolute atomic E-state index is 0.0704. The summed E-state index contributed by atoms with van der Waals surface area (Å²) in [7, 11) is -3.21. The highest BCUT2D eigenvalue weighted by Crippen LogP contribution is 2.03. The second-order valence-electron chi connectivity index (χ2n) is 6.48. The van der Waals surface area contributed by atoms with Gasteiger partial charge in [-0.1, -0.05) is 48.5 Å². The van der Waals surface area contributed by atoms with Gasteiger partial charge in [0.1, 0.15) is 9.84 Å². The van der Waals surface area contributed by atoms with Gasteiger partial charge in [-0.05, 0) is 30.2 Å². The third-order valence-electron chi connectivity index (χ3n) is 3.90. The minimum Gasteiger partial charge on any atom is -0.347 e. The third-order valence-corrected chi connectivity index (χ3v) is 4.87. The molecule has 0 aliphatic heterocycles. The van der Waals surface area contributed by atoms with Crippen LogP contribution in [0.3, 0.4) is 0 Å². The fourth-order valence-electron chi connectivity index (χ4n) is 2.40. The van der Waals surface area contributed by atoms with Crippen molar-refractivity contribution in [3.63, 3.8) is 0 Å². The van der Waals surface area contributed by atoms with E-state index in [1.54, 1.807) is 36.4 Å². The number of hydroxylamine groups is 1. The monoisotopic (exact) mass is 416 g/mol. The largest absolute Gasteiger partial charge is 0.347 e. The van der Waals surface area contributed by atoms with Crippen molar-refractivity contribution in [3.8, 4) is 0 Å². The van der Waals surface area contributed by atoms with Gasteiger partial charge >= 0.3 is 0 Å².